The van der Waals surface area contributed by atoms with Gasteiger partial charge in [0.15, 0.2) is 0 Å². The molecule has 0 heterocycles. The summed E-state index contributed by atoms with van der Waals surface area (Å²) in [5, 5.41) is 0. The van der Waals surface area contributed by atoms with E-state index in [-0.39, 0.29) is 11.8 Å². The number of allylic oxidation sites excluding steroid dienone is 1. The maximum absolute atomic E-state index is 12.0. The van der Waals surface area contributed by atoms with Crippen LogP contribution in [0.2, 0.25) is 0 Å². The lowest BCUT2D eigenvalue weighted by molar-refractivity contribution is 0.522. The van der Waals surface area contributed by atoms with Gasteiger partial charge in [-0.1, -0.05) is 24.3 Å². The Kier molecular flexibility index (Phi) is 4.04. The molecule has 1 atom stereocenters. The van der Waals surface area contributed by atoms with Crippen molar-refractivity contribution in [2.75, 3.05) is 5.73 Å². The molecule has 0 radical (unpaired) electrons. The zero-order valence-electron chi connectivity index (χ0n) is 10.2. The molecule has 0 aliphatic heterocycles. The highest BCUT2D eigenvalue weighted by atomic mass is 32.2. The summed E-state index contributed by atoms with van der Waals surface area (Å²) in [6, 6.07) is 7.01. The number of anilines is 1. The highest BCUT2D eigenvalue weighted by Crippen LogP contribution is 2.14. The van der Waals surface area contributed by atoms with E-state index >= 15 is 0 Å². The van der Waals surface area contributed by atoms with E-state index < -0.39 is 10.0 Å². The molecule has 3 N–H and O–H groups in total. The lowest BCUT2D eigenvalue weighted by Crippen LogP contribution is -2.36. The fraction of sp³-hybridized carbons (Fsp3) is 0.385. The van der Waals surface area contributed by atoms with Crippen LogP contribution < -0.4 is 10.5 Å². The lowest BCUT2D eigenvalue weighted by atomic mass is 10.0. The van der Waals surface area contributed by atoms with Crippen LogP contribution in [0.4, 0.5) is 5.69 Å². The van der Waals surface area contributed by atoms with E-state index in [1.807, 2.05) is 6.08 Å². The van der Waals surface area contributed by atoms with Crippen LogP contribution >= 0.6 is 0 Å². The molecular weight excluding hydrogens is 248 g/mol. The van der Waals surface area contributed by atoms with Crippen molar-refractivity contribution in [2.24, 2.45) is 0 Å². The number of hydrogen-bond donors (Lipinski definition) is 2. The molecule has 18 heavy (non-hydrogen) atoms. The van der Waals surface area contributed by atoms with E-state index in [2.05, 4.69) is 10.8 Å². The monoisotopic (exact) mass is 266 g/mol. The third-order valence-electron chi connectivity index (χ3n) is 2.92. The molecule has 1 aromatic rings. The first-order chi connectivity index (χ1) is 8.55. The molecule has 0 saturated carbocycles. The predicted molar refractivity (Wildman–Crippen MR) is 73.4 cm³/mol. The average molecular weight is 266 g/mol. The Morgan fingerprint density at radius 2 is 2.17 bits per heavy atom. The summed E-state index contributed by atoms with van der Waals surface area (Å²) in [6.45, 7) is 0. The first-order valence-corrected chi connectivity index (χ1v) is 7.70. The van der Waals surface area contributed by atoms with E-state index in [1.54, 1.807) is 24.3 Å². The maximum Gasteiger partial charge on any atom is 0.216 e. The second-order valence-corrected chi connectivity index (χ2v) is 6.36. The molecule has 1 aromatic carbocycles. The highest BCUT2D eigenvalue weighted by molar-refractivity contribution is 7.88. The Bertz CT molecular complexity index is 538. The molecule has 1 aliphatic carbocycles. The number of nitrogens with two attached hydrogens (primary N) is 1. The average Bonchev–Trinajstić information content (AvgIpc) is 2.28. The molecule has 0 saturated heterocycles. The Hall–Kier alpha value is -1.33. The number of benzene rings is 1. The predicted octanol–water partition coefficient (Wildman–Crippen LogP) is 1.80. The van der Waals surface area contributed by atoms with Crippen molar-refractivity contribution < 1.29 is 8.42 Å². The number of hydrogen-bond acceptors (Lipinski definition) is 3. The number of nitrogen functional groups attached to an aromatic ring is 1. The first-order valence-electron chi connectivity index (χ1n) is 6.04. The van der Waals surface area contributed by atoms with Crippen molar-refractivity contribution in [3.8, 4) is 0 Å². The summed E-state index contributed by atoms with van der Waals surface area (Å²) in [7, 11) is -3.29. The summed E-state index contributed by atoms with van der Waals surface area (Å²) in [5.74, 6) is -0.0156. The quantitative estimate of drug-likeness (QED) is 0.644. The molecule has 1 unspecified atom stereocenters. The third-order valence-corrected chi connectivity index (χ3v) is 4.33. The molecule has 4 nitrogen and oxygen atoms in total. The van der Waals surface area contributed by atoms with Gasteiger partial charge in [-0.25, -0.2) is 13.1 Å². The van der Waals surface area contributed by atoms with E-state index in [0.717, 1.165) is 19.3 Å². The minimum Gasteiger partial charge on any atom is -0.399 e. The van der Waals surface area contributed by atoms with Gasteiger partial charge in [0.1, 0.15) is 0 Å². The fourth-order valence-electron chi connectivity index (χ4n) is 2.10. The number of nitrogens with one attached hydrogen (secondary N) is 1. The minimum atomic E-state index is -3.29. The zero-order valence-corrected chi connectivity index (χ0v) is 11.0. The van der Waals surface area contributed by atoms with Gasteiger partial charge in [-0.2, -0.15) is 0 Å². The normalized spacial score (nSPS) is 19.9. The van der Waals surface area contributed by atoms with Crippen LogP contribution in [-0.2, 0) is 15.8 Å². The zero-order chi connectivity index (χ0) is 13.0. The molecular formula is C13H18N2O2S. The van der Waals surface area contributed by atoms with Gasteiger partial charge in [0.2, 0.25) is 10.0 Å². The standard InChI is InChI=1S/C13H18N2O2S/c14-12-6-4-5-11(9-12)10-18(16,17)15-13-7-2-1-3-8-13/h1-2,4-6,9,13,15H,3,7-8,10,14H2. The van der Waals surface area contributed by atoms with Gasteiger partial charge < -0.3 is 5.73 Å². The molecule has 0 spiro atoms. The summed E-state index contributed by atoms with van der Waals surface area (Å²) in [5.41, 5.74) is 6.94. The Morgan fingerprint density at radius 1 is 1.33 bits per heavy atom. The molecule has 0 bridgehead atoms. The topological polar surface area (TPSA) is 72.2 Å². The SMILES string of the molecule is Nc1cccc(CS(=O)(=O)NC2CC=CCC2)c1. The highest BCUT2D eigenvalue weighted by Gasteiger charge is 2.18. The van der Waals surface area contributed by atoms with E-state index in [0.29, 0.717) is 11.3 Å². The van der Waals surface area contributed by atoms with Gasteiger partial charge in [0.05, 0.1) is 5.75 Å². The fourth-order valence-corrected chi connectivity index (χ4v) is 3.52. The summed E-state index contributed by atoms with van der Waals surface area (Å²) in [6.07, 6.45) is 6.69. The van der Waals surface area contributed by atoms with Crippen LogP contribution in [0.5, 0.6) is 0 Å². The van der Waals surface area contributed by atoms with Gasteiger partial charge in [-0.3, -0.25) is 0 Å². The maximum atomic E-state index is 12.0. The second-order valence-electron chi connectivity index (χ2n) is 4.60. The first kappa shape index (κ1) is 13.1. The van der Waals surface area contributed by atoms with Crippen molar-refractivity contribution in [1.29, 1.82) is 0 Å². The van der Waals surface area contributed by atoms with Crippen LogP contribution in [-0.4, -0.2) is 14.5 Å². The molecule has 0 fully saturated rings. The minimum absolute atomic E-state index is 0.0156. The van der Waals surface area contributed by atoms with Crippen molar-refractivity contribution in [1.82, 2.24) is 4.72 Å². The Labute approximate surface area is 108 Å². The largest absolute Gasteiger partial charge is 0.399 e. The summed E-state index contributed by atoms with van der Waals surface area (Å²) >= 11 is 0. The summed E-state index contributed by atoms with van der Waals surface area (Å²) < 4.78 is 26.8. The van der Waals surface area contributed by atoms with Gasteiger partial charge >= 0.3 is 0 Å². The molecule has 2 rings (SSSR count). The second kappa shape index (κ2) is 5.54. The van der Waals surface area contributed by atoms with Crippen LogP contribution in [0, 0.1) is 0 Å². The Balaban J connectivity index is 2.01. The van der Waals surface area contributed by atoms with Crippen molar-refractivity contribution in [3.05, 3.63) is 42.0 Å². The van der Waals surface area contributed by atoms with Crippen LogP contribution in [0.3, 0.4) is 0 Å². The van der Waals surface area contributed by atoms with Gasteiger partial charge in [-0.05, 0) is 37.0 Å². The van der Waals surface area contributed by atoms with Crippen LogP contribution in [0.15, 0.2) is 36.4 Å². The van der Waals surface area contributed by atoms with Gasteiger partial charge in [0.25, 0.3) is 0 Å². The molecule has 98 valence electrons. The molecule has 5 heteroatoms. The van der Waals surface area contributed by atoms with Crippen LogP contribution in [0.1, 0.15) is 24.8 Å². The molecule has 0 aromatic heterocycles. The number of rotatable bonds is 4. The Morgan fingerprint density at radius 3 is 2.83 bits per heavy atom. The van der Waals surface area contributed by atoms with E-state index in [9.17, 15) is 8.42 Å². The van der Waals surface area contributed by atoms with Crippen LogP contribution in [0.25, 0.3) is 0 Å². The van der Waals surface area contributed by atoms with Gasteiger partial charge in [-0.15, -0.1) is 0 Å². The molecule has 0 amide bonds. The van der Waals surface area contributed by atoms with Crippen molar-refractivity contribution in [3.63, 3.8) is 0 Å². The van der Waals surface area contributed by atoms with Crippen molar-refractivity contribution in [2.45, 2.75) is 31.1 Å². The number of sulfonamides is 1. The van der Waals surface area contributed by atoms with Gasteiger partial charge in [0, 0.05) is 11.7 Å². The molecule has 1 aliphatic rings. The van der Waals surface area contributed by atoms with E-state index in [4.69, 9.17) is 5.73 Å². The van der Waals surface area contributed by atoms with Crippen molar-refractivity contribution >= 4 is 15.7 Å². The lowest BCUT2D eigenvalue weighted by Gasteiger charge is -2.19. The summed E-state index contributed by atoms with van der Waals surface area (Å²) in [4.78, 5) is 0. The third kappa shape index (κ3) is 3.85. The smallest absolute Gasteiger partial charge is 0.216 e. The van der Waals surface area contributed by atoms with E-state index in [1.165, 1.54) is 0 Å².